The average molecular weight is 254 g/mol. The van der Waals surface area contributed by atoms with Crippen molar-refractivity contribution in [1.29, 1.82) is 0 Å². The highest BCUT2D eigenvalue weighted by molar-refractivity contribution is 8.00. The molecule has 0 aromatic heterocycles. The predicted molar refractivity (Wildman–Crippen MR) is 70.3 cm³/mol. The fourth-order valence-electron chi connectivity index (χ4n) is 1.45. The Morgan fingerprint density at radius 3 is 2.47 bits per heavy atom. The van der Waals surface area contributed by atoms with Gasteiger partial charge in [-0.2, -0.15) is 0 Å². The Morgan fingerprint density at radius 1 is 1.35 bits per heavy atom. The number of carbonyl (C=O) groups excluding carboxylic acids is 1. The van der Waals surface area contributed by atoms with Crippen LogP contribution in [0, 0.1) is 0 Å². The van der Waals surface area contributed by atoms with Gasteiger partial charge in [0.1, 0.15) is 0 Å². The number of Topliss-reactive ketones (excluding diaryl/α,β-unsaturated/α-hetero) is 1. The van der Waals surface area contributed by atoms with Crippen LogP contribution >= 0.6 is 11.8 Å². The third-order valence-electron chi connectivity index (χ3n) is 2.35. The minimum atomic E-state index is -1.22. The molecule has 1 atom stereocenters. The van der Waals surface area contributed by atoms with Gasteiger partial charge < -0.3 is 9.47 Å². The number of thioether (sulfide) groups is 1. The minimum absolute atomic E-state index is 0.151. The van der Waals surface area contributed by atoms with E-state index in [4.69, 9.17) is 9.47 Å². The summed E-state index contributed by atoms with van der Waals surface area (Å²) in [6.45, 7) is 2.49. The van der Waals surface area contributed by atoms with Gasteiger partial charge in [-0.1, -0.05) is 49.0 Å². The highest BCUT2D eigenvalue weighted by atomic mass is 32.2. The van der Waals surface area contributed by atoms with Crippen LogP contribution in [0.3, 0.4) is 0 Å². The summed E-state index contributed by atoms with van der Waals surface area (Å²) in [6, 6.07) is 9.06. The molecule has 0 fully saturated rings. The molecular formula is C13H18O3S. The van der Waals surface area contributed by atoms with Crippen LogP contribution in [-0.4, -0.2) is 30.9 Å². The first kappa shape index (κ1) is 14.2. The van der Waals surface area contributed by atoms with E-state index in [1.54, 1.807) is 18.4 Å². The lowest BCUT2D eigenvalue weighted by molar-refractivity contribution is -0.121. The molecule has 0 radical (unpaired) electrons. The van der Waals surface area contributed by atoms with E-state index in [0.29, 0.717) is 12.2 Å². The Hall–Kier alpha value is -0.840. The molecule has 94 valence electrons. The molecule has 0 N–H and O–H groups in total. The van der Waals surface area contributed by atoms with Gasteiger partial charge in [0.2, 0.25) is 5.78 Å². The summed E-state index contributed by atoms with van der Waals surface area (Å²) in [5, 5.41) is -1.22. The maximum atomic E-state index is 12.4. The Bertz CT molecular complexity index is 347. The number of ether oxygens (including phenoxy) is 2. The molecule has 0 saturated carbocycles. The van der Waals surface area contributed by atoms with Gasteiger partial charge in [-0.05, 0) is 12.7 Å². The first-order chi connectivity index (χ1) is 8.20. The summed E-state index contributed by atoms with van der Waals surface area (Å²) >= 11 is 1.27. The molecule has 1 aromatic rings. The fraction of sp³-hybridized carbons (Fsp3) is 0.462. The summed E-state index contributed by atoms with van der Waals surface area (Å²) in [5.41, 5.74) is 0.597. The van der Waals surface area contributed by atoms with E-state index in [1.165, 1.54) is 18.9 Å². The lowest BCUT2D eigenvalue weighted by atomic mass is 10.1. The van der Waals surface area contributed by atoms with Gasteiger partial charge >= 0.3 is 0 Å². The quantitative estimate of drug-likeness (QED) is 0.553. The van der Waals surface area contributed by atoms with Crippen LogP contribution in [0.4, 0.5) is 0 Å². The number of rotatable bonds is 7. The van der Waals surface area contributed by atoms with E-state index < -0.39 is 5.12 Å². The van der Waals surface area contributed by atoms with E-state index in [1.807, 2.05) is 25.1 Å². The molecule has 0 aliphatic carbocycles. The number of hydrogen-bond donors (Lipinski definition) is 0. The van der Waals surface area contributed by atoms with Crippen molar-refractivity contribution in [1.82, 2.24) is 0 Å². The van der Waals surface area contributed by atoms with Crippen molar-refractivity contribution in [3.05, 3.63) is 35.9 Å². The molecule has 1 aromatic carbocycles. The molecule has 0 saturated heterocycles. The summed E-state index contributed by atoms with van der Waals surface area (Å²) in [5.74, 6) is -0.151. The molecule has 0 amide bonds. The van der Waals surface area contributed by atoms with E-state index in [-0.39, 0.29) is 5.78 Å². The van der Waals surface area contributed by atoms with Gasteiger partial charge in [0.15, 0.2) is 0 Å². The third-order valence-corrected chi connectivity index (χ3v) is 3.36. The number of methoxy groups -OCH3 is 1. The number of ketones is 1. The molecular weight excluding hydrogens is 236 g/mol. The van der Waals surface area contributed by atoms with Gasteiger partial charge in [0.05, 0.1) is 6.61 Å². The highest BCUT2D eigenvalue weighted by Crippen LogP contribution is 2.29. The maximum Gasteiger partial charge on any atom is 0.284 e. The van der Waals surface area contributed by atoms with E-state index in [0.717, 1.165) is 6.42 Å². The normalized spacial score (nSPS) is 14.3. The van der Waals surface area contributed by atoms with E-state index in [9.17, 15) is 4.79 Å². The van der Waals surface area contributed by atoms with Crippen molar-refractivity contribution in [2.75, 3.05) is 20.0 Å². The number of hydrogen-bond acceptors (Lipinski definition) is 4. The molecule has 0 bridgehead atoms. The Labute approximate surface area is 106 Å². The first-order valence-electron chi connectivity index (χ1n) is 5.54. The molecule has 0 heterocycles. The molecule has 17 heavy (non-hydrogen) atoms. The monoisotopic (exact) mass is 254 g/mol. The average Bonchev–Trinajstić information content (AvgIpc) is 2.41. The Kier molecular flexibility index (Phi) is 5.68. The Morgan fingerprint density at radius 2 is 2.00 bits per heavy atom. The van der Waals surface area contributed by atoms with Crippen molar-refractivity contribution in [2.24, 2.45) is 0 Å². The van der Waals surface area contributed by atoms with Crippen molar-refractivity contribution < 1.29 is 14.3 Å². The highest BCUT2D eigenvalue weighted by Gasteiger charge is 2.39. The largest absolute Gasteiger partial charge is 0.338 e. The Balaban J connectivity index is 2.94. The molecule has 0 aliphatic rings. The fourth-order valence-corrected chi connectivity index (χ4v) is 2.13. The second kappa shape index (κ2) is 6.79. The van der Waals surface area contributed by atoms with Crippen LogP contribution in [0.25, 0.3) is 0 Å². The summed E-state index contributed by atoms with van der Waals surface area (Å²) in [4.78, 5) is 12.4. The van der Waals surface area contributed by atoms with E-state index in [2.05, 4.69) is 0 Å². The molecule has 3 nitrogen and oxygen atoms in total. The lowest BCUT2D eigenvalue weighted by Crippen LogP contribution is -2.40. The van der Waals surface area contributed by atoms with Crippen LogP contribution in [0.1, 0.15) is 23.7 Å². The van der Waals surface area contributed by atoms with Crippen molar-refractivity contribution in [3.8, 4) is 0 Å². The maximum absolute atomic E-state index is 12.4. The topological polar surface area (TPSA) is 35.5 Å². The molecule has 0 aliphatic heterocycles. The standard InChI is InChI=1S/C13H18O3S/c1-4-10-16-13(15-2,17-3)12(14)11-8-6-5-7-9-11/h5-9H,4,10H2,1-3H3. The molecule has 1 unspecified atom stereocenters. The van der Waals surface area contributed by atoms with Gasteiger partial charge in [-0.15, -0.1) is 0 Å². The van der Waals surface area contributed by atoms with Gasteiger partial charge in [-0.3, -0.25) is 4.79 Å². The predicted octanol–water partition coefficient (Wildman–Crippen LogP) is 2.96. The number of carbonyl (C=O) groups is 1. The first-order valence-corrected chi connectivity index (χ1v) is 6.76. The van der Waals surface area contributed by atoms with Gasteiger partial charge in [0, 0.05) is 12.7 Å². The van der Waals surface area contributed by atoms with Crippen LogP contribution < -0.4 is 0 Å². The molecule has 0 spiro atoms. The zero-order valence-electron chi connectivity index (χ0n) is 10.4. The van der Waals surface area contributed by atoms with Crippen molar-refractivity contribution >= 4 is 17.5 Å². The summed E-state index contributed by atoms with van der Waals surface area (Å²) < 4.78 is 10.9. The van der Waals surface area contributed by atoms with Crippen LogP contribution in [0.2, 0.25) is 0 Å². The zero-order chi connectivity index (χ0) is 12.7. The van der Waals surface area contributed by atoms with Crippen LogP contribution in [-0.2, 0) is 9.47 Å². The van der Waals surface area contributed by atoms with Crippen molar-refractivity contribution in [2.45, 2.75) is 18.5 Å². The second-order valence-corrected chi connectivity index (χ2v) is 4.45. The van der Waals surface area contributed by atoms with Crippen LogP contribution in [0.15, 0.2) is 30.3 Å². The van der Waals surface area contributed by atoms with Gasteiger partial charge in [-0.25, -0.2) is 0 Å². The summed E-state index contributed by atoms with van der Waals surface area (Å²) in [6.07, 6.45) is 2.65. The summed E-state index contributed by atoms with van der Waals surface area (Å²) in [7, 11) is 1.49. The van der Waals surface area contributed by atoms with Gasteiger partial charge in [0.25, 0.3) is 5.12 Å². The zero-order valence-corrected chi connectivity index (χ0v) is 11.3. The van der Waals surface area contributed by atoms with Crippen LogP contribution in [0.5, 0.6) is 0 Å². The number of benzene rings is 1. The minimum Gasteiger partial charge on any atom is -0.338 e. The van der Waals surface area contributed by atoms with E-state index >= 15 is 0 Å². The third kappa shape index (κ3) is 3.31. The smallest absolute Gasteiger partial charge is 0.284 e. The lowest BCUT2D eigenvalue weighted by Gasteiger charge is -2.28. The molecule has 4 heteroatoms. The SMILES string of the molecule is CCCOC(OC)(SC)C(=O)c1ccccc1. The second-order valence-electron chi connectivity index (χ2n) is 3.51. The molecule has 1 rings (SSSR count). The van der Waals surface area contributed by atoms with Crippen molar-refractivity contribution in [3.63, 3.8) is 0 Å².